The van der Waals surface area contributed by atoms with Crippen LogP contribution in [0.3, 0.4) is 0 Å². The summed E-state index contributed by atoms with van der Waals surface area (Å²) in [6.07, 6.45) is 4.04. The summed E-state index contributed by atoms with van der Waals surface area (Å²) >= 11 is 1.12. The van der Waals surface area contributed by atoms with Crippen LogP contribution in [0, 0.1) is 5.82 Å². The molecule has 0 bridgehead atoms. The first-order chi connectivity index (χ1) is 18.6. The standard InChI is InChI=1S/C27H26F2N4O5S/c1-5-17(28)20(12-15(2)3)33-27(36)32-19-7-6-16(13-18(19)29)38-22-8-10-30-21-14-23(39-25(21)22)26(35)31-11-9-24(34)37-4/h5-8,10,12-14H,2,9,11H2,1,3-4H3,(H,31,35)(H2,32,33,36)/b17-5+,20-12+. The second kappa shape index (κ2) is 13.3. The number of carbonyl (C=O) groups is 3. The van der Waals surface area contributed by atoms with Crippen molar-refractivity contribution >= 4 is 45.1 Å². The number of aromatic nitrogens is 1. The number of fused-ring (bicyclic) bond motifs is 1. The SMILES string of the molecule is C=C(C)/C=C(NC(=O)Nc1ccc(Oc2ccnc3cc(C(=O)NCCC(=O)OC)sc23)cc1F)\C(F)=C/C. The van der Waals surface area contributed by atoms with Crippen LogP contribution in [0.15, 0.2) is 72.4 Å². The molecule has 2 heterocycles. The van der Waals surface area contributed by atoms with Crippen molar-refractivity contribution in [3.8, 4) is 11.5 Å². The highest BCUT2D eigenvalue weighted by atomic mass is 32.1. The highest BCUT2D eigenvalue weighted by molar-refractivity contribution is 7.21. The van der Waals surface area contributed by atoms with E-state index in [-0.39, 0.29) is 36.0 Å². The largest absolute Gasteiger partial charge is 0.469 e. The first-order valence-corrected chi connectivity index (χ1v) is 12.4. The third-order valence-electron chi connectivity index (χ3n) is 5.01. The average molecular weight is 557 g/mol. The fourth-order valence-corrected chi connectivity index (χ4v) is 4.19. The lowest BCUT2D eigenvalue weighted by Gasteiger charge is -2.12. The summed E-state index contributed by atoms with van der Waals surface area (Å²) in [4.78, 5) is 40.6. The molecule has 1 aromatic carbocycles. The molecule has 3 rings (SSSR count). The number of amides is 3. The van der Waals surface area contributed by atoms with Gasteiger partial charge in [0.2, 0.25) is 0 Å². The summed E-state index contributed by atoms with van der Waals surface area (Å²) < 4.78 is 39.7. The van der Waals surface area contributed by atoms with Gasteiger partial charge in [-0.05, 0) is 44.2 Å². The van der Waals surface area contributed by atoms with Gasteiger partial charge < -0.3 is 25.4 Å². The Morgan fingerprint density at radius 1 is 1.21 bits per heavy atom. The number of nitrogens with zero attached hydrogens (tertiary/aromatic N) is 1. The fourth-order valence-electron chi connectivity index (χ4n) is 3.20. The van der Waals surface area contributed by atoms with Crippen LogP contribution in [-0.4, -0.2) is 36.5 Å². The smallest absolute Gasteiger partial charge is 0.323 e. The number of allylic oxidation sites excluding steroid dienone is 4. The molecule has 39 heavy (non-hydrogen) atoms. The van der Waals surface area contributed by atoms with E-state index in [0.717, 1.165) is 17.4 Å². The number of methoxy groups -OCH3 is 1. The topological polar surface area (TPSA) is 119 Å². The lowest BCUT2D eigenvalue weighted by atomic mass is 10.2. The van der Waals surface area contributed by atoms with E-state index in [1.807, 2.05) is 0 Å². The number of rotatable bonds is 10. The van der Waals surface area contributed by atoms with Gasteiger partial charge in [-0.2, -0.15) is 0 Å². The number of ether oxygens (including phenoxy) is 2. The molecule has 12 heteroatoms. The zero-order valence-electron chi connectivity index (χ0n) is 21.4. The number of thiophene rings is 1. The third-order valence-corrected chi connectivity index (χ3v) is 6.15. The number of nitrogens with one attached hydrogen (secondary N) is 3. The fraction of sp³-hybridized carbons (Fsp3) is 0.185. The second-order valence-corrected chi connectivity index (χ2v) is 9.13. The lowest BCUT2D eigenvalue weighted by molar-refractivity contribution is -0.140. The first-order valence-electron chi connectivity index (χ1n) is 11.6. The molecule has 0 radical (unpaired) electrons. The molecule has 0 unspecified atom stereocenters. The third kappa shape index (κ3) is 7.95. The Bertz CT molecular complexity index is 1480. The lowest BCUT2D eigenvalue weighted by Crippen LogP contribution is -2.29. The van der Waals surface area contributed by atoms with E-state index in [0.29, 0.717) is 26.4 Å². The Morgan fingerprint density at radius 2 is 1.97 bits per heavy atom. The molecule has 0 saturated heterocycles. The number of esters is 1. The number of hydrogen-bond acceptors (Lipinski definition) is 7. The van der Waals surface area contributed by atoms with Gasteiger partial charge in [-0.1, -0.05) is 12.2 Å². The Hall–Kier alpha value is -4.58. The molecule has 0 aliphatic heterocycles. The van der Waals surface area contributed by atoms with Gasteiger partial charge in [0.25, 0.3) is 5.91 Å². The molecular formula is C27H26F2N4O5S. The normalized spacial score (nSPS) is 11.6. The molecule has 0 atom stereocenters. The number of pyridine rings is 1. The minimum absolute atomic E-state index is 0.0385. The van der Waals surface area contributed by atoms with Crippen molar-refractivity contribution in [1.82, 2.24) is 15.6 Å². The maximum Gasteiger partial charge on any atom is 0.323 e. The number of hydrogen-bond donors (Lipinski definition) is 3. The molecule has 3 amide bonds. The van der Waals surface area contributed by atoms with Crippen LogP contribution in [0.5, 0.6) is 11.5 Å². The van der Waals surface area contributed by atoms with Gasteiger partial charge in [0, 0.05) is 24.9 Å². The van der Waals surface area contributed by atoms with Crippen LogP contribution < -0.4 is 20.7 Å². The highest BCUT2D eigenvalue weighted by Gasteiger charge is 2.16. The molecule has 0 spiro atoms. The predicted molar refractivity (Wildman–Crippen MR) is 145 cm³/mol. The van der Waals surface area contributed by atoms with E-state index >= 15 is 0 Å². The van der Waals surface area contributed by atoms with E-state index < -0.39 is 23.6 Å². The number of halogens is 2. The maximum atomic E-state index is 14.8. The highest BCUT2D eigenvalue weighted by Crippen LogP contribution is 2.35. The molecule has 0 fully saturated rings. The van der Waals surface area contributed by atoms with Crippen LogP contribution in [-0.2, 0) is 9.53 Å². The van der Waals surface area contributed by atoms with Crippen LogP contribution in [0.25, 0.3) is 10.2 Å². The Labute approximate surface area is 227 Å². The minimum Gasteiger partial charge on any atom is -0.469 e. The van der Waals surface area contributed by atoms with Crippen LogP contribution in [0.1, 0.15) is 29.9 Å². The molecule has 9 nitrogen and oxygen atoms in total. The predicted octanol–water partition coefficient (Wildman–Crippen LogP) is 5.98. The van der Waals surface area contributed by atoms with E-state index in [9.17, 15) is 23.2 Å². The van der Waals surface area contributed by atoms with Crippen molar-refractivity contribution in [2.24, 2.45) is 0 Å². The van der Waals surface area contributed by atoms with E-state index in [4.69, 9.17) is 4.74 Å². The number of benzene rings is 1. The zero-order chi connectivity index (χ0) is 28.5. The van der Waals surface area contributed by atoms with Crippen molar-refractivity contribution in [3.05, 3.63) is 83.1 Å². The number of carbonyl (C=O) groups excluding carboxylic acids is 3. The van der Waals surface area contributed by atoms with Crippen molar-refractivity contribution in [2.45, 2.75) is 20.3 Å². The summed E-state index contributed by atoms with van der Waals surface area (Å²) in [5, 5.41) is 7.30. The molecule has 0 aliphatic carbocycles. The summed E-state index contributed by atoms with van der Waals surface area (Å²) in [5.74, 6) is -1.81. The molecular weight excluding hydrogens is 530 g/mol. The van der Waals surface area contributed by atoms with E-state index in [2.05, 4.69) is 32.3 Å². The van der Waals surface area contributed by atoms with Gasteiger partial charge in [0.15, 0.2) is 0 Å². The summed E-state index contributed by atoms with van der Waals surface area (Å²) in [6.45, 7) is 6.87. The van der Waals surface area contributed by atoms with Crippen molar-refractivity contribution < 1.29 is 32.6 Å². The Balaban J connectivity index is 1.71. The first kappa shape index (κ1) is 29.0. The van der Waals surface area contributed by atoms with Crippen LogP contribution in [0.2, 0.25) is 0 Å². The summed E-state index contributed by atoms with van der Waals surface area (Å²) in [7, 11) is 1.27. The van der Waals surface area contributed by atoms with Gasteiger partial charge in [-0.3, -0.25) is 14.6 Å². The quantitative estimate of drug-likeness (QED) is 0.209. The average Bonchev–Trinajstić information content (AvgIpc) is 3.34. The molecule has 3 N–H and O–H groups in total. The van der Waals surface area contributed by atoms with Crippen molar-refractivity contribution in [3.63, 3.8) is 0 Å². The van der Waals surface area contributed by atoms with E-state index in [1.54, 1.807) is 19.1 Å². The summed E-state index contributed by atoms with van der Waals surface area (Å²) in [5.41, 5.74) is 0.740. The van der Waals surface area contributed by atoms with Crippen molar-refractivity contribution in [2.75, 3.05) is 19.0 Å². The number of urea groups is 1. The Kier molecular flexibility index (Phi) is 9.87. The molecule has 204 valence electrons. The minimum atomic E-state index is -0.848. The summed E-state index contributed by atoms with van der Waals surface area (Å²) in [6, 6.07) is 6.12. The molecule has 2 aromatic heterocycles. The second-order valence-electron chi connectivity index (χ2n) is 8.08. The van der Waals surface area contributed by atoms with E-state index in [1.165, 1.54) is 44.5 Å². The zero-order valence-corrected chi connectivity index (χ0v) is 22.2. The maximum absolute atomic E-state index is 14.8. The van der Waals surface area contributed by atoms with Gasteiger partial charge in [0.1, 0.15) is 23.1 Å². The van der Waals surface area contributed by atoms with Crippen LogP contribution in [0.4, 0.5) is 19.3 Å². The molecule has 0 saturated carbocycles. The van der Waals surface area contributed by atoms with Crippen LogP contribution >= 0.6 is 11.3 Å². The van der Waals surface area contributed by atoms with Gasteiger partial charge in [-0.25, -0.2) is 13.6 Å². The number of anilines is 1. The van der Waals surface area contributed by atoms with Crippen molar-refractivity contribution in [1.29, 1.82) is 0 Å². The van der Waals surface area contributed by atoms with Gasteiger partial charge >= 0.3 is 12.0 Å². The molecule has 0 aliphatic rings. The molecule has 3 aromatic rings. The van der Waals surface area contributed by atoms with Gasteiger partial charge in [-0.15, -0.1) is 11.3 Å². The Morgan fingerprint density at radius 3 is 2.64 bits per heavy atom. The monoisotopic (exact) mass is 556 g/mol. The van der Waals surface area contributed by atoms with Gasteiger partial charge in [0.05, 0.1) is 40.0 Å².